The van der Waals surface area contributed by atoms with Crippen LogP contribution in [0.25, 0.3) is 0 Å². The monoisotopic (exact) mass is 304 g/mol. The van der Waals surface area contributed by atoms with Gasteiger partial charge in [0.05, 0.1) is 0 Å². The molecule has 1 aromatic carbocycles. The Hall–Kier alpha value is -1.20. The van der Waals surface area contributed by atoms with Crippen LogP contribution in [-0.2, 0) is 4.79 Å². The van der Waals surface area contributed by atoms with Crippen molar-refractivity contribution in [2.45, 2.75) is 31.7 Å². The number of hydrogen-bond donors (Lipinski definition) is 2. The van der Waals surface area contributed by atoms with Crippen molar-refractivity contribution in [3.05, 3.63) is 35.4 Å². The van der Waals surface area contributed by atoms with Crippen molar-refractivity contribution < 1.29 is 13.6 Å². The molecule has 0 spiro atoms. The SMILES string of the molecule is CC(N)CCNC(=O)C1CC1c1c(F)cccc1F.Cl. The summed E-state index contributed by atoms with van der Waals surface area (Å²) in [7, 11) is 0. The summed E-state index contributed by atoms with van der Waals surface area (Å²) in [5.41, 5.74) is 5.61. The quantitative estimate of drug-likeness (QED) is 0.877. The summed E-state index contributed by atoms with van der Waals surface area (Å²) >= 11 is 0. The number of hydrogen-bond acceptors (Lipinski definition) is 2. The van der Waals surface area contributed by atoms with E-state index in [1.54, 1.807) is 0 Å². The van der Waals surface area contributed by atoms with Gasteiger partial charge in [0.15, 0.2) is 0 Å². The van der Waals surface area contributed by atoms with E-state index < -0.39 is 11.6 Å². The van der Waals surface area contributed by atoms with Crippen molar-refractivity contribution in [3.8, 4) is 0 Å². The van der Waals surface area contributed by atoms with E-state index in [9.17, 15) is 13.6 Å². The van der Waals surface area contributed by atoms with Gasteiger partial charge in [-0.1, -0.05) is 6.07 Å². The molecule has 1 saturated carbocycles. The molecule has 2 rings (SSSR count). The number of amides is 1. The van der Waals surface area contributed by atoms with Crippen molar-refractivity contribution >= 4 is 18.3 Å². The lowest BCUT2D eigenvalue weighted by Gasteiger charge is -2.07. The number of rotatable bonds is 5. The molecule has 3 N–H and O–H groups in total. The maximum atomic E-state index is 13.5. The number of carbonyl (C=O) groups is 1. The molecule has 3 atom stereocenters. The Morgan fingerprint density at radius 1 is 1.45 bits per heavy atom. The van der Waals surface area contributed by atoms with Crippen molar-refractivity contribution in [1.82, 2.24) is 5.32 Å². The van der Waals surface area contributed by atoms with Crippen LogP contribution in [-0.4, -0.2) is 18.5 Å². The fourth-order valence-electron chi connectivity index (χ4n) is 2.22. The van der Waals surface area contributed by atoms with Crippen LogP contribution < -0.4 is 11.1 Å². The average Bonchev–Trinajstić information content (AvgIpc) is 3.08. The van der Waals surface area contributed by atoms with Crippen LogP contribution in [0, 0.1) is 17.6 Å². The van der Waals surface area contributed by atoms with E-state index in [4.69, 9.17) is 5.73 Å². The Kier molecular flexibility index (Phi) is 5.89. The van der Waals surface area contributed by atoms with Crippen LogP contribution in [0.2, 0.25) is 0 Å². The zero-order valence-corrected chi connectivity index (χ0v) is 12.1. The second kappa shape index (κ2) is 6.99. The van der Waals surface area contributed by atoms with Gasteiger partial charge in [-0.2, -0.15) is 0 Å². The third-order valence-electron chi connectivity index (χ3n) is 3.40. The Balaban J connectivity index is 0.00000200. The highest BCUT2D eigenvalue weighted by Crippen LogP contribution is 2.49. The van der Waals surface area contributed by atoms with Gasteiger partial charge in [-0.15, -0.1) is 12.4 Å². The van der Waals surface area contributed by atoms with Crippen LogP contribution in [0.15, 0.2) is 18.2 Å². The third kappa shape index (κ3) is 3.90. The number of benzene rings is 1. The van der Waals surface area contributed by atoms with Gasteiger partial charge in [-0.05, 0) is 31.9 Å². The lowest BCUT2D eigenvalue weighted by atomic mass is 10.1. The first-order chi connectivity index (χ1) is 9.00. The van der Waals surface area contributed by atoms with E-state index >= 15 is 0 Å². The molecule has 3 nitrogen and oxygen atoms in total. The second-order valence-electron chi connectivity index (χ2n) is 5.14. The molecule has 1 aromatic rings. The number of nitrogens with two attached hydrogens (primary N) is 1. The average molecular weight is 305 g/mol. The van der Waals surface area contributed by atoms with Crippen molar-refractivity contribution in [1.29, 1.82) is 0 Å². The molecule has 6 heteroatoms. The largest absolute Gasteiger partial charge is 0.356 e. The van der Waals surface area contributed by atoms with Crippen molar-refractivity contribution in [2.75, 3.05) is 6.54 Å². The minimum absolute atomic E-state index is 0. The summed E-state index contributed by atoms with van der Waals surface area (Å²) in [5.74, 6) is -1.95. The smallest absolute Gasteiger partial charge is 0.223 e. The van der Waals surface area contributed by atoms with Gasteiger partial charge in [-0.25, -0.2) is 8.78 Å². The number of halogens is 3. The molecule has 0 aromatic heterocycles. The molecule has 1 aliphatic carbocycles. The van der Waals surface area contributed by atoms with Crippen molar-refractivity contribution in [2.24, 2.45) is 11.7 Å². The van der Waals surface area contributed by atoms with Gasteiger partial charge >= 0.3 is 0 Å². The molecular weight excluding hydrogens is 286 g/mol. The minimum Gasteiger partial charge on any atom is -0.356 e. The highest BCUT2D eigenvalue weighted by Gasteiger charge is 2.46. The molecule has 0 radical (unpaired) electrons. The van der Waals surface area contributed by atoms with E-state index in [0.717, 1.165) is 0 Å². The summed E-state index contributed by atoms with van der Waals surface area (Å²) in [6, 6.07) is 3.80. The minimum atomic E-state index is -0.573. The Bertz CT molecular complexity index is 462. The molecule has 1 aliphatic rings. The molecule has 0 aliphatic heterocycles. The molecule has 0 saturated heterocycles. The zero-order valence-electron chi connectivity index (χ0n) is 11.2. The Morgan fingerprint density at radius 2 is 2.05 bits per heavy atom. The van der Waals surface area contributed by atoms with E-state index in [-0.39, 0.29) is 41.8 Å². The fraction of sp³-hybridized carbons (Fsp3) is 0.500. The van der Waals surface area contributed by atoms with Gasteiger partial charge in [0.1, 0.15) is 11.6 Å². The maximum absolute atomic E-state index is 13.5. The van der Waals surface area contributed by atoms with E-state index in [2.05, 4.69) is 5.32 Å². The molecular formula is C14H19ClF2N2O. The highest BCUT2D eigenvalue weighted by atomic mass is 35.5. The first kappa shape index (κ1) is 16.9. The molecule has 20 heavy (non-hydrogen) atoms. The van der Waals surface area contributed by atoms with Gasteiger partial charge in [0, 0.05) is 30.0 Å². The van der Waals surface area contributed by atoms with Gasteiger partial charge in [-0.3, -0.25) is 4.79 Å². The molecule has 112 valence electrons. The second-order valence-corrected chi connectivity index (χ2v) is 5.14. The van der Waals surface area contributed by atoms with Gasteiger partial charge < -0.3 is 11.1 Å². The van der Waals surface area contributed by atoms with E-state index in [1.165, 1.54) is 18.2 Å². The summed E-state index contributed by atoms with van der Waals surface area (Å²) < 4.78 is 27.1. The molecule has 1 fully saturated rings. The predicted octanol–water partition coefficient (Wildman–Crippen LogP) is 2.34. The fourth-order valence-corrected chi connectivity index (χ4v) is 2.22. The Labute approximate surface area is 123 Å². The lowest BCUT2D eigenvalue weighted by Crippen LogP contribution is -2.30. The first-order valence-corrected chi connectivity index (χ1v) is 6.48. The van der Waals surface area contributed by atoms with Gasteiger partial charge in [0.25, 0.3) is 0 Å². The normalized spacial score (nSPS) is 21.8. The summed E-state index contributed by atoms with van der Waals surface area (Å²) in [5, 5.41) is 2.75. The third-order valence-corrected chi connectivity index (χ3v) is 3.40. The van der Waals surface area contributed by atoms with Crippen LogP contribution in [0.1, 0.15) is 31.2 Å². The van der Waals surface area contributed by atoms with E-state index in [1.807, 2.05) is 6.92 Å². The summed E-state index contributed by atoms with van der Waals surface area (Å²) in [6.07, 6.45) is 1.19. The maximum Gasteiger partial charge on any atom is 0.223 e. The zero-order chi connectivity index (χ0) is 14.0. The molecule has 1 amide bonds. The molecule has 0 bridgehead atoms. The van der Waals surface area contributed by atoms with Crippen molar-refractivity contribution in [3.63, 3.8) is 0 Å². The standard InChI is InChI=1S/C14H18F2N2O.ClH/c1-8(17)5-6-18-14(19)10-7-9(10)13-11(15)3-2-4-12(13)16;/h2-4,8-10H,5-7,17H2,1H3,(H,18,19);1H. The highest BCUT2D eigenvalue weighted by molar-refractivity contribution is 5.85. The lowest BCUT2D eigenvalue weighted by molar-refractivity contribution is -0.122. The predicted molar refractivity (Wildman–Crippen MR) is 75.7 cm³/mol. The van der Waals surface area contributed by atoms with Gasteiger partial charge in [0.2, 0.25) is 5.91 Å². The summed E-state index contributed by atoms with van der Waals surface area (Å²) in [4.78, 5) is 11.8. The van der Waals surface area contributed by atoms with E-state index in [0.29, 0.717) is 19.4 Å². The first-order valence-electron chi connectivity index (χ1n) is 6.48. The Morgan fingerprint density at radius 3 is 2.60 bits per heavy atom. The van der Waals surface area contributed by atoms with Crippen LogP contribution in [0.5, 0.6) is 0 Å². The van der Waals surface area contributed by atoms with Crippen LogP contribution in [0.4, 0.5) is 8.78 Å². The van der Waals surface area contributed by atoms with Crippen LogP contribution in [0.3, 0.4) is 0 Å². The molecule has 0 heterocycles. The number of nitrogens with one attached hydrogen (secondary N) is 1. The number of carbonyl (C=O) groups excluding carboxylic acids is 1. The van der Waals surface area contributed by atoms with Crippen LogP contribution >= 0.6 is 12.4 Å². The topological polar surface area (TPSA) is 55.1 Å². The summed E-state index contributed by atoms with van der Waals surface area (Å²) in [6.45, 7) is 2.36. The molecule has 3 unspecified atom stereocenters.